The fraction of sp³-hybridized carbons (Fsp3) is 0.500. The van der Waals surface area contributed by atoms with E-state index in [1.54, 1.807) is 23.2 Å². The lowest BCUT2D eigenvalue weighted by atomic mass is 10.1. The third kappa shape index (κ3) is 3.39. The first kappa shape index (κ1) is 17.8. The van der Waals surface area contributed by atoms with Crippen LogP contribution in [0.15, 0.2) is 29.4 Å². The fourth-order valence-corrected chi connectivity index (χ4v) is 4.67. The molecule has 0 radical (unpaired) electrons. The zero-order chi connectivity index (χ0) is 18.0. The third-order valence-corrected chi connectivity index (χ3v) is 6.44. The molecule has 8 nitrogen and oxygen atoms in total. The fourth-order valence-electron chi connectivity index (χ4n) is 3.10. The molecule has 1 atom stereocenters. The van der Waals surface area contributed by atoms with E-state index in [1.807, 2.05) is 6.92 Å². The van der Waals surface area contributed by atoms with Crippen LogP contribution in [-0.2, 0) is 14.8 Å². The number of fused-ring (bicyclic) bond motifs is 1. The van der Waals surface area contributed by atoms with Crippen LogP contribution in [0, 0.1) is 0 Å². The maximum Gasteiger partial charge on any atom is 0.245 e. The first-order valence-electron chi connectivity index (χ1n) is 8.41. The second-order valence-corrected chi connectivity index (χ2v) is 8.08. The number of amides is 1. The Morgan fingerprint density at radius 3 is 2.76 bits per heavy atom. The molecular formula is C16H23N5O3S. The molecule has 0 spiro atoms. The standard InChI is InChI=1S/C16H23N5O3S/c1-2-4-13(17)16(22)20-7-9-21(10-8-20)25(23,24)14-11-19-15-12(14)5-3-6-18-15/h3,5-6,11,13H,2,4,7-10,17H2,1H3,(H,18,19). The molecule has 9 heteroatoms. The van der Waals surface area contributed by atoms with Gasteiger partial charge in [0.25, 0.3) is 0 Å². The summed E-state index contributed by atoms with van der Waals surface area (Å²) < 4.78 is 27.3. The number of rotatable bonds is 5. The number of hydrogen-bond donors (Lipinski definition) is 2. The Hall–Kier alpha value is -1.97. The average Bonchev–Trinajstić information content (AvgIpc) is 3.06. The molecule has 1 amide bonds. The summed E-state index contributed by atoms with van der Waals surface area (Å²) in [7, 11) is -3.63. The maximum atomic E-state index is 12.9. The Bertz CT molecular complexity index is 856. The molecule has 25 heavy (non-hydrogen) atoms. The average molecular weight is 365 g/mol. The molecule has 1 unspecified atom stereocenters. The number of hydrogen-bond acceptors (Lipinski definition) is 5. The van der Waals surface area contributed by atoms with Crippen molar-refractivity contribution in [1.29, 1.82) is 0 Å². The lowest BCUT2D eigenvalue weighted by Crippen LogP contribution is -2.54. The smallest absolute Gasteiger partial charge is 0.245 e. The van der Waals surface area contributed by atoms with Gasteiger partial charge < -0.3 is 15.6 Å². The van der Waals surface area contributed by atoms with Crippen molar-refractivity contribution in [2.45, 2.75) is 30.7 Å². The number of sulfonamides is 1. The van der Waals surface area contributed by atoms with Crippen LogP contribution in [0.2, 0.25) is 0 Å². The number of piperazine rings is 1. The maximum absolute atomic E-state index is 12.9. The Kier molecular flexibility index (Phi) is 5.07. The minimum Gasteiger partial charge on any atom is -0.345 e. The van der Waals surface area contributed by atoms with Crippen molar-refractivity contribution in [3.05, 3.63) is 24.5 Å². The summed E-state index contributed by atoms with van der Waals surface area (Å²) in [4.78, 5) is 21.2. The van der Waals surface area contributed by atoms with Crippen molar-refractivity contribution < 1.29 is 13.2 Å². The van der Waals surface area contributed by atoms with E-state index in [-0.39, 0.29) is 23.9 Å². The highest BCUT2D eigenvalue weighted by Crippen LogP contribution is 2.25. The van der Waals surface area contributed by atoms with E-state index in [2.05, 4.69) is 9.97 Å². The number of H-pyrrole nitrogens is 1. The van der Waals surface area contributed by atoms with Gasteiger partial charge in [0.2, 0.25) is 15.9 Å². The summed E-state index contributed by atoms with van der Waals surface area (Å²) >= 11 is 0. The quantitative estimate of drug-likeness (QED) is 0.802. The van der Waals surface area contributed by atoms with Gasteiger partial charge in [-0.3, -0.25) is 4.79 Å². The molecule has 2 aromatic rings. The van der Waals surface area contributed by atoms with Crippen LogP contribution in [0.25, 0.3) is 11.0 Å². The number of pyridine rings is 1. The molecule has 0 aromatic carbocycles. The number of nitrogens with zero attached hydrogens (tertiary/aromatic N) is 3. The van der Waals surface area contributed by atoms with Crippen LogP contribution in [-0.4, -0.2) is 65.7 Å². The van der Waals surface area contributed by atoms with Gasteiger partial charge in [-0.15, -0.1) is 0 Å². The van der Waals surface area contributed by atoms with Gasteiger partial charge in [-0.1, -0.05) is 13.3 Å². The van der Waals surface area contributed by atoms with Crippen molar-refractivity contribution in [3.8, 4) is 0 Å². The predicted molar refractivity (Wildman–Crippen MR) is 94.3 cm³/mol. The minimum atomic E-state index is -3.63. The lowest BCUT2D eigenvalue weighted by molar-refractivity contribution is -0.133. The topological polar surface area (TPSA) is 112 Å². The van der Waals surface area contributed by atoms with Crippen LogP contribution in [0.5, 0.6) is 0 Å². The third-order valence-electron chi connectivity index (χ3n) is 4.50. The second-order valence-electron chi connectivity index (χ2n) is 6.18. The van der Waals surface area contributed by atoms with Crippen LogP contribution in [0.4, 0.5) is 0 Å². The number of carbonyl (C=O) groups is 1. The first-order valence-corrected chi connectivity index (χ1v) is 9.85. The van der Waals surface area contributed by atoms with Crippen LogP contribution >= 0.6 is 0 Å². The van der Waals surface area contributed by atoms with Gasteiger partial charge in [0.15, 0.2) is 0 Å². The molecule has 3 N–H and O–H groups in total. The highest BCUT2D eigenvalue weighted by atomic mass is 32.2. The molecule has 1 saturated heterocycles. The summed E-state index contributed by atoms with van der Waals surface area (Å²) in [5, 5.41) is 0.575. The lowest BCUT2D eigenvalue weighted by Gasteiger charge is -2.35. The molecule has 3 rings (SSSR count). The molecule has 3 heterocycles. The molecule has 0 bridgehead atoms. The molecule has 136 valence electrons. The number of nitrogens with one attached hydrogen (secondary N) is 1. The Labute approximate surface area is 147 Å². The highest BCUT2D eigenvalue weighted by Gasteiger charge is 2.32. The Morgan fingerprint density at radius 2 is 2.08 bits per heavy atom. The zero-order valence-corrected chi connectivity index (χ0v) is 15.0. The first-order chi connectivity index (χ1) is 11.9. The van der Waals surface area contributed by atoms with E-state index >= 15 is 0 Å². The van der Waals surface area contributed by atoms with Gasteiger partial charge in [0.1, 0.15) is 10.5 Å². The highest BCUT2D eigenvalue weighted by molar-refractivity contribution is 7.89. The summed E-state index contributed by atoms with van der Waals surface area (Å²) in [5.41, 5.74) is 6.43. The van der Waals surface area contributed by atoms with E-state index in [0.717, 1.165) is 6.42 Å². The monoisotopic (exact) mass is 365 g/mol. The van der Waals surface area contributed by atoms with E-state index in [0.29, 0.717) is 30.5 Å². The zero-order valence-electron chi connectivity index (χ0n) is 14.2. The molecular weight excluding hydrogens is 342 g/mol. The summed E-state index contributed by atoms with van der Waals surface area (Å²) in [6.07, 6.45) is 4.57. The molecule has 1 aliphatic rings. The van der Waals surface area contributed by atoms with Crippen molar-refractivity contribution in [3.63, 3.8) is 0 Å². The second kappa shape index (κ2) is 7.11. The van der Waals surface area contributed by atoms with Crippen molar-refractivity contribution in [2.75, 3.05) is 26.2 Å². The largest absolute Gasteiger partial charge is 0.345 e. The normalized spacial score (nSPS) is 17.8. The summed E-state index contributed by atoms with van der Waals surface area (Å²) in [6.45, 7) is 3.22. The Balaban J connectivity index is 1.73. The summed E-state index contributed by atoms with van der Waals surface area (Å²) in [5.74, 6) is -0.102. The number of nitrogens with two attached hydrogens (primary N) is 1. The molecule has 1 aliphatic heterocycles. The van der Waals surface area contributed by atoms with Gasteiger partial charge in [-0.2, -0.15) is 4.31 Å². The van der Waals surface area contributed by atoms with Crippen LogP contribution in [0.3, 0.4) is 0 Å². The van der Waals surface area contributed by atoms with E-state index in [4.69, 9.17) is 5.73 Å². The van der Waals surface area contributed by atoms with Gasteiger partial charge in [0.05, 0.1) is 6.04 Å². The van der Waals surface area contributed by atoms with Crippen molar-refractivity contribution in [2.24, 2.45) is 5.73 Å². The summed E-state index contributed by atoms with van der Waals surface area (Å²) in [6, 6.07) is 2.93. The molecule has 0 aliphatic carbocycles. The number of aromatic amines is 1. The van der Waals surface area contributed by atoms with E-state index in [9.17, 15) is 13.2 Å². The van der Waals surface area contributed by atoms with Crippen LogP contribution in [0.1, 0.15) is 19.8 Å². The van der Waals surface area contributed by atoms with Gasteiger partial charge in [0, 0.05) is 44.0 Å². The number of carbonyl (C=O) groups excluding carboxylic acids is 1. The van der Waals surface area contributed by atoms with Crippen LogP contribution < -0.4 is 5.73 Å². The van der Waals surface area contributed by atoms with Gasteiger partial charge >= 0.3 is 0 Å². The Morgan fingerprint density at radius 1 is 1.36 bits per heavy atom. The van der Waals surface area contributed by atoms with Crippen molar-refractivity contribution >= 4 is 27.0 Å². The molecule has 0 saturated carbocycles. The van der Waals surface area contributed by atoms with E-state index < -0.39 is 16.1 Å². The molecule has 1 fully saturated rings. The minimum absolute atomic E-state index is 0.102. The van der Waals surface area contributed by atoms with Gasteiger partial charge in [-0.25, -0.2) is 13.4 Å². The predicted octanol–water partition coefficient (Wildman–Crippen LogP) is 0.523. The van der Waals surface area contributed by atoms with E-state index in [1.165, 1.54) is 10.5 Å². The SMILES string of the molecule is CCCC(N)C(=O)N1CCN(S(=O)(=O)c2c[nH]c3ncccc23)CC1. The molecule has 2 aromatic heterocycles. The van der Waals surface area contributed by atoms with Crippen molar-refractivity contribution in [1.82, 2.24) is 19.2 Å². The number of aromatic nitrogens is 2. The van der Waals surface area contributed by atoms with Gasteiger partial charge in [-0.05, 0) is 18.6 Å².